The van der Waals surface area contributed by atoms with Crippen LogP contribution in [0, 0.1) is 0 Å². The van der Waals surface area contributed by atoms with Crippen LogP contribution in [0.1, 0.15) is 32.4 Å². The van der Waals surface area contributed by atoms with Crippen molar-refractivity contribution in [2.45, 2.75) is 0 Å². The Balaban J connectivity index is 1.88. The van der Waals surface area contributed by atoms with E-state index in [1.807, 2.05) is 30.3 Å². The Morgan fingerprint density at radius 2 is 1.03 bits per heavy atom. The standard InChI is InChI=1S/C23H13Br2N3O2/c24-17-11-16(12-18(25)13-17)21-26-22(19(29)14-7-3-1-4-8-14)28-23(27-21)20(30)15-9-5-2-6-10-15/h1-13H. The fraction of sp³-hybridized carbons (Fsp3) is 0. The number of aromatic nitrogens is 3. The molecule has 0 aliphatic carbocycles. The molecule has 1 aromatic heterocycles. The lowest BCUT2D eigenvalue weighted by Gasteiger charge is -2.08. The molecule has 30 heavy (non-hydrogen) atoms. The monoisotopic (exact) mass is 521 g/mol. The van der Waals surface area contributed by atoms with Gasteiger partial charge in [0.05, 0.1) is 0 Å². The van der Waals surface area contributed by atoms with E-state index in [-0.39, 0.29) is 29.0 Å². The summed E-state index contributed by atoms with van der Waals surface area (Å²) in [5.74, 6) is -0.681. The third kappa shape index (κ3) is 4.42. The van der Waals surface area contributed by atoms with Crippen LogP contribution in [0.15, 0.2) is 87.8 Å². The zero-order chi connectivity index (χ0) is 21.1. The van der Waals surface area contributed by atoms with Crippen molar-refractivity contribution in [3.8, 4) is 11.4 Å². The van der Waals surface area contributed by atoms with Crippen LogP contribution >= 0.6 is 31.9 Å². The van der Waals surface area contributed by atoms with Crippen molar-refractivity contribution < 1.29 is 9.59 Å². The average Bonchev–Trinajstić information content (AvgIpc) is 2.78. The second-order valence-electron chi connectivity index (χ2n) is 6.35. The van der Waals surface area contributed by atoms with Gasteiger partial charge in [-0.3, -0.25) is 9.59 Å². The van der Waals surface area contributed by atoms with Crippen molar-refractivity contribution in [1.29, 1.82) is 0 Å². The second-order valence-corrected chi connectivity index (χ2v) is 8.19. The summed E-state index contributed by atoms with van der Waals surface area (Å²) in [5.41, 5.74) is 1.51. The van der Waals surface area contributed by atoms with E-state index in [0.29, 0.717) is 16.7 Å². The van der Waals surface area contributed by atoms with Gasteiger partial charge in [0.15, 0.2) is 5.82 Å². The maximum absolute atomic E-state index is 13.0. The highest BCUT2D eigenvalue weighted by Crippen LogP contribution is 2.26. The summed E-state index contributed by atoms with van der Waals surface area (Å²) in [7, 11) is 0. The third-order valence-electron chi connectivity index (χ3n) is 4.23. The Hall–Kier alpha value is -3.03. The molecular formula is C23H13Br2N3O2. The molecule has 0 atom stereocenters. The van der Waals surface area contributed by atoms with Crippen LogP contribution < -0.4 is 0 Å². The lowest BCUT2D eigenvalue weighted by molar-refractivity contribution is 0.102. The molecule has 4 aromatic rings. The molecule has 0 amide bonds. The second kappa shape index (κ2) is 8.77. The van der Waals surface area contributed by atoms with Crippen LogP contribution in [0.2, 0.25) is 0 Å². The number of nitrogens with zero attached hydrogens (tertiary/aromatic N) is 3. The first-order valence-electron chi connectivity index (χ1n) is 8.93. The van der Waals surface area contributed by atoms with E-state index >= 15 is 0 Å². The van der Waals surface area contributed by atoms with Gasteiger partial charge in [-0.2, -0.15) is 0 Å². The molecule has 146 valence electrons. The topological polar surface area (TPSA) is 72.8 Å². The van der Waals surface area contributed by atoms with Gasteiger partial charge in [0.25, 0.3) is 0 Å². The molecule has 4 rings (SSSR count). The Labute approximate surface area is 189 Å². The van der Waals surface area contributed by atoms with Gasteiger partial charge >= 0.3 is 0 Å². The van der Waals surface area contributed by atoms with Crippen molar-refractivity contribution in [1.82, 2.24) is 15.0 Å². The Bertz CT molecular complexity index is 1160. The Morgan fingerprint density at radius 3 is 1.47 bits per heavy atom. The number of carbonyl (C=O) groups is 2. The molecule has 0 aliphatic rings. The summed E-state index contributed by atoms with van der Waals surface area (Å²) >= 11 is 6.89. The summed E-state index contributed by atoms with van der Waals surface area (Å²) in [6.07, 6.45) is 0. The Kier molecular flexibility index (Phi) is 5.92. The highest BCUT2D eigenvalue weighted by atomic mass is 79.9. The van der Waals surface area contributed by atoms with E-state index in [9.17, 15) is 9.59 Å². The predicted molar refractivity (Wildman–Crippen MR) is 120 cm³/mol. The van der Waals surface area contributed by atoms with Crippen LogP contribution in [0.3, 0.4) is 0 Å². The molecule has 7 heteroatoms. The summed E-state index contributed by atoms with van der Waals surface area (Å²) in [5, 5.41) is 0. The summed E-state index contributed by atoms with van der Waals surface area (Å²) < 4.78 is 1.61. The molecule has 5 nitrogen and oxygen atoms in total. The largest absolute Gasteiger partial charge is 0.285 e. The van der Waals surface area contributed by atoms with Crippen molar-refractivity contribution in [2.24, 2.45) is 0 Å². The number of carbonyl (C=O) groups excluding carboxylic acids is 2. The van der Waals surface area contributed by atoms with Gasteiger partial charge in [0.2, 0.25) is 23.2 Å². The van der Waals surface area contributed by atoms with Crippen molar-refractivity contribution in [3.63, 3.8) is 0 Å². The number of hydrogen-bond acceptors (Lipinski definition) is 5. The number of ketones is 2. The van der Waals surface area contributed by atoms with Gasteiger partial charge < -0.3 is 0 Å². The van der Waals surface area contributed by atoms with Crippen molar-refractivity contribution >= 4 is 43.4 Å². The number of benzene rings is 3. The minimum atomic E-state index is -0.379. The van der Waals surface area contributed by atoms with Crippen LogP contribution in [0.25, 0.3) is 11.4 Å². The molecule has 0 saturated heterocycles. The molecule has 0 N–H and O–H groups in total. The summed E-state index contributed by atoms with van der Waals surface area (Å²) in [6.45, 7) is 0. The van der Waals surface area contributed by atoms with E-state index in [1.54, 1.807) is 48.5 Å². The van der Waals surface area contributed by atoms with Gasteiger partial charge in [-0.15, -0.1) is 0 Å². The molecule has 0 fully saturated rings. The maximum Gasteiger partial charge on any atom is 0.230 e. The Morgan fingerprint density at radius 1 is 0.600 bits per heavy atom. The normalized spacial score (nSPS) is 10.6. The third-order valence-corrected chi connectivity index (χ3v) is 5.15. The van der Waals surface area contributed by atoms with Gasteiger partial charge in [-0.05, 0) is 18.2 Å². The van der Waals surface area contributed by atoms with Gasteiger partial charge in [-0.25, -0.2) is 15.0 Å². The zero-order valence-electron chi connectivity index (χ0n) is 15.4. The van der Waals surface area contributed by atoms with Gasteiger partial charge in [0, 0.05) is 25.6 Å². The van der Waals surface area contributed by atoms with Crippen LogP contribution in [0.4, 0.5) is 0 Å². The van der Waals surface area contributed by atoms with E-state index in [0.717, 1.165) is 8.95 Å². The zero-order valence-corrected chi connectivity index (χ0v) is 18.6. The highest BCUT2D eigenvalue weighted by Gasteiger charge is 2.21. The molecule has 1 heterocycles. The lowest BCUT2D eigenvalue weighted by atomic mass is 10.1. The smallest absolute Gasteiger partial charge is 0.230 e. The van der Waals surface area contributed by atoms with Crippen molar-refractivity contribution in [2.75, 3.05) is 0 Å². The molecule has 0 bridgehead atoms. The van der Waals surface area contributed by atoms with E-state index in [4.69, 9.17) is 0 Å². The lowest BCUT2D eigenvalue weighted by Crippen LogP contribution is -2.16. The number of rotatable bonds is 5. The molecule has 0 aliphatic heterocycles. The number of halogens is 2. The minimum Gasteiger partial charge on any atom is -0.285 e. The average molecular weight is 523 g/mol. The van der Waals surface area contributed by atoms with Crippen LogP contribution in [0.5, 0.6) is 0 Å². The number of hydrogen-bond donors (Lipinski definition) is 0. The summed E-state index contributed by atoms with van der Waals surface area (Å²) in [6, 6.07) is 22.9. The van der Waals surface area contributed by atoms with Gasteiger partial charge in [0.1, 0.15) is 0 Å². The highest BCUT2D eigenvalue weighted by molar-refractivity contribution is 9.11. The quantitative estimate of drug-likeness (QED) is 0.322. The summed E-state index contributed by atoms with van der Waals surface area (Å²) in [4.78, 5) is 38.9. The van der Waals surface area contributed by atoms with Crippen molar-refractivity contribution in [3.05, 3.63) is 111 Å². The van der Waals surface area contributed by atoms with Crippen LogP contribution in [-0.4, -0.2) is 26.5 Å². The molecule has 0 saturated carbocycles. The molecule has 0 radical (unpaired) electrons. The first-order valence-corrected chi connectivity index (χ1v) is 10.5. The maximum atomic E-state index is 13.0. The van der Waals surface area contributed by atoms with E-state index in [1.165, 1.54) is 0 Å². The van der Waals surface area contributed by atoms with E-state index in [2.05, 4.69) is 46.8 Å². The SMILES string of the molecule is O=C(c1ccccc1)c1nc(C(=O)c2ccccc2)nc(-c2cc(Br)cc(Br)c2)n1. The predicted octanol–water partition coefficient (Wildman–Crippen LogP) is 5.53. The molecular weight excluding hydrogens is 510 g/mol. The first-order chi connectivity index (χ1) is 14.5. The molecule has 0 spiro atoms. The van der Waals surface area contributed by atoms with Gasteiger partial charge in [-0.1, -0.05) is 92.5 Å². The molecule has 3 aromatic carbocycles. The minimum absolute atomic E-state index is 0.0819. The fourth-order valence-corrected chi connectivity index (χ4v) is 4.12. The first kappa shape index (κ1) is 20.3. The van der Waals surface area contributed by atoms with E-state index < -0.39 is 0 Å². The van der Waals surface area contributed by atoms with Crippen LogP contribution in [-0.2, 0) is 0 Å². The molecule has 0 unspecified atom stereocenters. The fourth-order valence-electron chi connectivity index (χ4n) is 2.83.